The normalized spacial score (nSPS) is 23.2. The lowest BCUT2D eigenvalue weighted by molar-refractivity contribution is -0.168. The van der Waals surface area contributed by atoms with Gasteiger partial charge in [-0.15, -0.1) is 0 Å². The molecule has 0 amide bonds. The van der Waals surface area contributed by atoms with Crippen LogP contribution >= 0.6 is 0 Å². The minimum absolute atomic E-state index is 0.144. The maximum atomic E-state index is 11.7. The first-order valence-electron chi connectivity index (χ1n) is 11.5. The largest absolute Gasteiger partial charge is 0.479 e. The fraction of sp³-hybridized carbons (Fsp3) is 0.600. The number of rotatable bonds is 8. The number of hydrogen-bond acceptors (Lipinski definition) is 5. The molecule has 6 heteroatoms. The summed E-state index contributed by atoms with van der Waals surface area (Å²) in [5.74, 6) is 0.953. The summed E-state index contributed by atoms with van der Waals surface area (Å²) in [4.78, 5) is 16.4. The first kappa shape index (κ1) is 22.0. The minimum atomic E-state index is -0.960. The van der Waals surface area contributed by atoms with E-state index in [4.69, 9.17) is 13.9 Å². The molecule has 2 unspecified atom stereocenters. The van der Waals surface area contributed by atoms with Gasteiger partial charge in [-0.1, -0.05) is 24.1 Å². The van der Waals surface area contributed by atoms with Crippen LogP contribution in [0.3, 0.4) is 0 Å². The fourth-order valence-electron chi connectivity index (χ4n) is 4.77. The molecule has 31 heavy (non-hydrogen) atoms. The average Bonchev–Trinajstić information content (AvgIpc) is 3.39. The van der Waals surface area contributed by atoms with Gasteiger partial charge in [0.25, 0.3) is 0 Å². The zero-order valence-corrected chi connectivity index (χ0v) is 18.6. The topological polar surface area (TPSA) is 81.8 Å². The molecule has 2 aliphatic rings. The lowest BCUT2D eigenvalue weighted by Gasteiger charge is -2.32. The van der Waals surface area contributed by atoms with Gasteiger partial charge in [0.15, 0.2) is 5.60 Å². The Morgan fingerprint density at radius 2 is 1.90 bits per heavy atom. The summed E-state index contributed by atoms with van der Waals surface area (Å²) in [7, 11) is 0. The van der Waals surface area contributed by atoms with E-state index in [-0.39, 0.29) is 6.10 Å². The number of carboxylic acids is 1. The van der Waals surface area contributed by atoms with Crippen molar-refractivity contribution >= 4 is 5.97 Å². The highest BCUT2D eigenvalue weighted by Crippen LogP contribution is 2.36. The first-order valence-corrected chi connectivity index (χ1v) is 11.5. The molecule has 2 aromatic rings. The molecule has 6 nitrogen and oxygen atoms in total. The molecule has 1 heterocycles. The Balaban J connectivity index is 1.30. The Morgan fingerprint density at radius 1 is 1.16 bits per heavy atom. The van der Waals surface area contributed by atoms with Crippen molar-refractivity contribution in [2.75, 3.05) is 6.61 Å². The van der Waals surface area contributed by atoms with Crippen LogP contribution in [0.1, 0.15) is 68.4 Å². The van der Waals surface area contributed by atoms with E-state index in [2.05, 4.69) is 24.0 Å². The van der Waals surface area contributed by atoms with E-state index >= 15 is 0 Å². The molecule has 1 aromatic heterocycles. The Kier molecular flexibility index (Phi) is 6.77. The van der Waals surface area contributed by atoms with Gasteiger partial charge in [0.1, 0.15) is 11.5 Å². The summed E-state index contributed by atoms with van der Waals surface area (Å²) in [5, 5.41) is 9.61. The molecule has 0 bridgehead atoms. The predicted molar refractivity (Wildman–Crippen MR) is 117 cm³/mol. The van der Waals surface area contributed by atoms with Crippen LogP contribution < -0.4 is 0 Å². The maximum absolute atomic E-state index is 11.7. The number of benzene rings is 1. The minimum Gasteiger partial charge on any atom is -0.479 e. The van der Waals surface area contributed by atoms with E-state index in [0.717, 1.165) is 55.5 Å². The molecule has 2 saturated carbocycles. The van der Waals surface area contributed by atoms with E-state index < -0.39 is 11.6 Å². The summed E-state index contributed by atoms with van der Waals surface area (Å²) < 4.78 is 18.1. The lowest BCUT2D eigenvalue weighted by Crippen LogP contribution is -2.40. The second kappa shape index (κ2) is 9.53. The number of aryl methyl sites for hydroxylation is 2. The van der Waals surface area contributed by atoms with Crippen LogP contribution in [0.2, 0.25) is 0 Å². The van der Waals surface area contributed by atoms with E-state index in [9.17, 15) is 9.90 Å². The Bertz CT molecular complexity index is 882. The highest BCUT2D eigenvalue weighted by atomic mass is 16.5. The number of ether oxygens (including phenoxy) is 2. The zero-order chi connectivity index (χ0) is 21.8. The van der Waals surface area contributed by atoms with Gasteiger partial charge in [-0.05, 0) is 76.8 Å². The van der Waals surface area contributed by atoms with Crippen molar-refractivity contribution in [3.05, 3.63) is 41.3 Å². The molecule has 1 N–H and O–H groups in total. The molecule has 4 rings (SSSR count). The number of hydrogen-bond donors (Lipinski definition) is 1. The van der Waals surface area contributed by atoms with Crippen molar-refractivity contribution in [2.24, 2.45) is 5.92 Å². The van der Waals surface area contributed by atoms with Crippen molar-refractivity contribution in [2.45, 2.75) is 83.5 Å². The van der Waals surface area contributed by atoms with Crippen LogP contribution in [0, 0.1) is 19.8 Å². The standard InChI is InChI=1S/C25H33NO5/c1-17-8-10-20(11-9-17)23-26-22(18(2)31-23)16-29-21-7-5-6-19(14-21)15-30-25(24(27)28)12-3-4-13-25/h8-11,19,21H,3-7,12-16H2,1-2H3,(H,27,28). The van der Waals surface area contributed by atoms with Gasteiger partial charge >= 0.3 is 5.97 Å². The maximum Gasteiger partial charge on any atom is 0.335 e. The highest BCUT2D eigenvalue weighted by Gasteiger charge is 2.43. The quantitative estimate of drug-likeness (QED) is 0.603. The van der Waals surface area contributed by atoms with Crippen LogP contribution in [0.15, 0.2) is 28.7 Å². The number of carboxylic acid groups (broad SMARTS) is 1. The van der Waals surface area contributed by atoms with Crippen LogP contribution in [0.4, 0.5) is 0 Å². The summed E-state index contributed by atoms with van der Waals surface area (Å²) in [5.41, 5.74) is 2.05. The first-order chi connectivity index (χ1) is 14.9. The Hall–Kier alpha value is -2.18. The van der Waals surface area contributed by atoms with E-state index in [1.807, 2.05) is 19.1 Å². The van der Waals surface area contributed by atoms with E-state index in [0.29, 0.717) is 37.9 Å². The number of oxazole rings is 1. The number of aromatic nitrogens is 1. The van der Waals surface area contributed by atoms with Crippen LogP contribution in [-0.2, 0) is 20.9 Å². The smallest absolute Gasteiger partial charge is 0.335 e. The fourth-order valence-corrected chi connectivity index (χ4v) is 4.77. The molecular formula is C25H33NO5. The van der Waals surface area contributed by atoms with Crippen molar-refractivity contribution in [1.29, 1.82) is 0 Å². The van der Waals surface area contributed by atoms with Crippen LogP contribution in [0.25, 0.3) is 11.5 Å². The third kappa shape index (κ3) is 5.18. The molecule has 0 spiro atoms. The second-order valence-electron chi connectivity index (χ2n) is 9.17. The monoisotopic (exact) mass is 427 g/mol. The number of carbonyl (C=O) groups is 1. The average molecular weight is 428 g/mol. The van der Waals surface area contributed by atoms with Gasteiger partial charge in [-0.25, -0.2) is 9.78 Å². The third-order valence-electron chi connectivity index (χ3n) is 6.78. The van der Waals surface area contributed by atoms with Crippen molar-refractivity contribution in [3.8, 4) is 11.5 Å². The predicted octanol–water partition coefficient (Wildman–Crippen LogP) is 5.45. The van der Waals surface area contributed by atoms with Crippen molar-refractivity contribution < 1.29 is 23.8 Å². The third-order valence-corrected chi connectivity index (χ3v) is 6.78. The Labute approximate surface area is 184 Å². The molecule has 0 radical (unpaired) electrons. The molecule has 2 atom stereocenters. The SMILES string of the molecule is Cc1ccc(-c2nc(COC3CCCC(COC4(C(=O)O)CCCC4)C3)c(C)o2)cc1. The molecule has 1 aromatic carbocycles. The molecule has 2 fully saturated rings. The summed E-state index contributed by atoms with van der Waals surface area (Å²) in [6.45, 7) is 4.92. The summed E-state index contributed by atoms with van der Waals surface area (Å²) >= 11 is 0. The number of aliphatic carboxylic acids is 1. The highest BCUT2D eigenvalue weighted by molar-refractivity contribution is 5.77. The van der Waals surface area contributed by atoms with E-state index in [1.165, 1.54) is 5.56 Å². The van der Waals surface area contributed by atoms with Crippen LogP contribution in [0.5, 0.6) is 0 Å². The molecule has 0 saturated heterocycles. The summed E-state index contributed by atoms with van der Waals surface area (Å²) in [6.07, 6.45) is 7.33. The molecule has 168 valence electrons. The van der Waals surface area contributed by atoms with E-state index in [1.54, 1.807) is 0 Å². The molecule has 2 aliphatic carbocycles. The van der Waals surface area contributed by atoms with Gasteiger partial charge in [0.05, 0.1) is 19.3 Å². The van der Waals surface area contributed by atoms with Gasteiger partial charge in [-0.2, -0.15) is 0 Å². The van der Waals surface area contributed by atoms with Gasteiger partial charge in [0.2, 0.25) is 5.89 Å². The van der Waals surface area contributed by atoms with Gasteiger partial charge in [0, 0.05) is 5.56 Å². The van der Waals surface area contributed by atoms with Crippen molar-refractivity contribution in [1.82, 2.24) is 4.98 Å². The molecular weight excluding hydrogens is 394 g/mol. The van der Waals surface area contributed by atoms with Gasteiger partial charge < -0.3 is 19.0 Å². The summed E-state index contributed by atoms with van der Waals surface area (Å²) in [6, 6.07) is 8.14. The number of nitrogens with zero attached hydrogens (tertiary/aromatic N) is 1. The van der Waals surface area contributed by atoms with Crippen LogP contribution in [-0.4, -0.2) is 34.4 Å². The lowest BCUT2D eigenvalue weighted by atomic mass is 9.87. The van der Waals surface area contributed by atoms with Crippen molar-refractivity contribution in [3.63, 3.8) is 0 Å². The molecule has 0 aliphatic heterocycles. The zero-order valence-electron chi connectivity index (χ0n) is 18.6. The second-order valence-corrected chi connectivity index (χ2v) is 9.17. The Morgan fingerprint density at radius 3 is 2.61 bits per heavy atom. The van der Waals surface area contributed by atoms with Gasteiger partial charge in [-0.3, -0.25) is 0 Å².